The molecule has 11 heteroatoms. The van der Waals surface area contributed by atoms with Gasteiger partial charge < -0.3 is 24.5 Å². The molecule has 3 atom stereocenters. The average Bonchev–Trinajstić information content (AvgIpc) is 3.58. The van der Waals surface area contributed by atoms with Crippen LogP contribution in [-0.4, -0.2) is 57.6 Å². The molecule has 3 heterocycles. The van der Waals surface area contributed by atoms with Gasteiger partial charge in [-0.1, -0.05) is 48.0 Å². The molecule has 1 amide bonds. The van der Waals surface area contributed by atoms with Crippen molar-refractivity contribution in [2.75, 3.05) is 13.2 Å². The van der Waals surface area contributed by atoms with Crippen LogP contribution in [0.5, 0.6) is 0 Å². The summed E-state index contributed by atoms with van der Waals surface area (Å²) in [6.45, 7) is 5.24. The molecule has 0 aliphatic carbocycles. The monoisotopic (exact) mass is 583 g/mol. The molecule has 3 aromatic rings. The molecule has 0 bridgehead atoms. The zero-order valence-corrected chi connectivity index (χ0v) is 24.2. The van der Waals surface area contributed by atoms with Crippen LogP contribution in [0.3, 0.4) is 0 Å². The van der Waals surface area contributed by atoms with Crippen molar-refractivity contribution in [1.82, 2.24) is 14.5 Å². The molecule has 218 valence electrons. The lowest BCUT2D eigenvalue weighted by molar-refractivity contribution is -0.139. The summed E-state index contributed by atoms with van der Waals surface area (Å²) in [5.74, 6) is -1.74. The van der Waals surface area contributed by atoms with E-state index >= 15 is 0 Å². The first-order valence-electron chi connectivity index (χ1n) is 13.4. The number of amides is 1. The van der Waals surface area contributed by atoms with E-state index in [0.717, 1.165) is 30.6 Å². The van der Waals surface area contributed by atoms with E-state index in [-0.39, 0.29) is 17.0 Å². The van der Waals surface area contributed by atoms with Crippen molar-refractivity contribution in [3.63, 3.8) is 0 Å². The molecule has 2 fully saturated rings. The average molecular weight is 584 g/mol. The van der Waals surface area contributed by atoms with E-state index < -0.39 is 29.2 Å². The Morgan fingerprint density at radius 2 is 1.61 bits per heavy atom. The fourth-order valence-electron chi connectivity index (χ4n) is 5.10. The molecule has 10 nitrogen and oxygen atoms in total. The van der Waals surface area contributed by atoms with Gasteiger partial charge in [0.15, 0.2) is 0 Å². The third-order valence-corrected chi connectivity index (χ3v) is 7.89. The van der Waals surface area contributed by atoms with Crippen LogP contribution in [0.15, 0.2) is 52.1 Å². The number of fused-ring (bicyclic) bond motifs is 1. The largest absolute Gasteiger partial charge is 0.480 e. The molecule has 0 unspecified atom stereocenters. The highest BCUT2D eigenvalue weighted by atomic mass is 35.5. The molecule has 0 saturated carbocycles. The van der Waals surface area contributed by atoms with E-state index in [0.29, 0.717) is 40.2 Å². The standard InChI is InChI=1S/C24H24ClN3O5.C6H10O2/c1-13-6-5-7-17(25)19(13)21(29)26-18(23(31)32)12-15-8-10-16(11-9-15)20-14(2)27(3)24(33)28(4)22(20)30;1-3-7-6-2-4-8-5(1)6/h5-11,18H,12H2,1-4H3,(H,26,29)(H,31,32);5-6H,1-4H2/t18-;5-,6-/m01/s1. The Labute approximate surface area is 242 Å². The lowest BCUT2D eigenvalue weighted by Crippen LogP contribution is -2.42. The van der Waals surface area contributed by atoms with Gasteiger partial charge in [-0.2, -0.15) is 0 Å². The molecule has 1 aromatic heterocycles. The van der Waals surface area contributed by atoms with Gasteiger partial charge in [0.2, 0.25) is 0 Å². The highest BCUT2D eigenvalue weighted by Crippen LogP contribution is 2.25. The van der Waals surface area contributed by atoms with Crippen molar-refractivity contribution in [3.05, 3.63) is 90.7 Å². The molecule has 41 heavy (non-hydrogen) atoms. The van der Waals surface area contributed by atoms with Gasteiger partial charge in [0.25, 0.3) is 11.5 Å². The van der Waals surface area contributed by atoms with E-state index in [1.165, 1.54) is 11.6 Å². The number of carbonyl (C=O) groups excluding carboxylic acids is 1. The van der Waals surface area contributed by atoms with Crippen LogP contribution < -0.4 is 16.6 Å². The predicted molar refractivity (Wildman–Crippen MR) is 155 cm³/mol. The molecule has 2 aliphatic heterocycles. The Kier molecular flexibility index (Phi) is 9.47. The molecule has 0 radical (unpaired) electrons. The van der Waals surface area contributed by atoms with Crippen LogP contribution in [0.2, 0.25) is 5.02 Å². The molecule has 2 saturated heterocycles. The highest BCUT2D eigenvalue weighted by molar-refractivity contribution is 6.34. The number of aromatic nitrogens is 2. The Hall–Kier alpha value is -3.73. The Morgan fingerprint density at radius 1 is 1.00 bits per heavy atom. The minimum Gasteiger partial charge on any atom is -0.480 e. The van der Waals surface area contributed by atoms with E-state index in [1.807, 2.05) is 0 Å². The second-order valence-corrected chi connectivity index (χ2v) is 10.7. The van der Waals surface area contributed by atoms with Gasteiger partial charge in [0, 0.05) is 39.4 Å². The maximum Gasteiger partial charge on any atom is 0.330 e. The number of hydrogen-bond acceptors (Lipinski definition) is 6. The molecular weight excluding hydrogens is 550 g/mol. The Bertz CT molecular complexity index is 1520. The van der Waals surface area contributed by atoms with Crippen LogP contribution in [0.25, 0.3) is 11.1 Å². The molecule has 2 N–H and O–H groups in total. The number of nitrogens with zero attached hydrogens (tertiary/aromatic N) is 2. The first-order valence-corrected chi connectivity index (χ1v) is 13.7. The van der Waals surface area contributed by atoms with E-state index in [4.69, 9.17) is 21.1 Å². The maximum atomic E-state index is 12.7. The van der Waals surface area contributed by atoms with Gasteiger partial charge in [-0.15, -0.1) is 0 Å². The minimum absolute atomic E-state index is 0.0368. The van der Waals surface area contributed by atoms with Gasteiger partial charge in [-0.3, -0.25) is 14.2 Å². The Balaban J connectivity index is 0.000000409. The van der Waals surface area contributed by atoms with Crippen molar-refractivity contribution in [2.24, 2.45) is 14.1 Å². The van der Waals surface area contributed by atoms with Gasteiger partial charge >= 0.3 is 11.7 Å². The van der Waals surface area contributed by atoms with Crippen LogP contribution in [0, 0.1) is 13.8 Å². The lowest BCUT2D eigenvalue weighted by Gasteiger charge is -2.17. The Morgan fingerprint density at radius 3 is 2.17 bits per heavy atom. The number of carboxylic acid groups (broad SMARTS) is 1. The highest BCUT2D eigenvalue weighted by Gasteiger charge is 2.33. The van der Waals surface area contributed by atoms with E-state index in [9.17, 15) is 24.3 Å². The van der Waals surface area contributed by atoms with Gasteiger partial charge in [0.1, 0.15) is 6.04 Å². The third-order valence-electron chi connectivity index (χ3n) is 7.58. The second kappa shape index (κ2) is 12.8. The molecule has 2 aliphatic rings. The van der Waals surface area contributed by atoms with Crippen molar-refractivity contribution in [3.8, 4) is 11.1 Å². The summed E-state index contributed by atoms with van der Waals surface area (Å²) in [5, 5.41) is 12.4. The van der Waals surface area contributed by atoms with Crippen LogP contribution in [0.1, 0.15) is 40.0 Å². The first-order chi connectivity index (χ1) is 19.5. The number of nitrogens with one attached hydrogen (secondary N) is 1. The van der Waals surface area contributed by atoms with Crippen molar-refractivity contribution in [1.29, 1.82) is 0 Å². The number of carbonyl (C=O) groups is 2. The number of aryl methyl sites for hydroxylation is 1. The van der Waals surface area contributed by atoms with E-state index in [1.54, 1.807) is 63.4 Å². The fourth-order valence-corrected chi connectivity index (χ4v) is 5.40. The molecular formula is C30H34ClN3O7. The minimum atomic E-state index is -1.18. The topological polar surface area (TPSA) is 129 Å². The second-order valence-electron chi connectivity index (χ2n) is 10.3. The smallest absolute Gasteiger partial charge is 0.330 e. The number of aliphatic carboxylic acids is 1. The van der Waals surface area contributed by atoms with Crippen LogP contribution >= 0.6 is 11.6 Å². The predicted octanol–water partition coefficient (Wildman–Crippen LogP) is 3.01. The third kappa shape index (κ3) is 6.61. The number of benzene rings is 2. The normalized spacial score (nSPS) is 18.3. The zero-order valence-electron chi connectivity index (χ0n) is 23.5. The summed E-state index contributed by atoms with van der Waals surface area (Å²) in [6.07, 6.45) is 3.18. The number of ether oxygens (including phenoxy) is 2. The summed E-state index contributed by atoms with van der Waals surface area (Å²) in [6, 6.07) is 10.6. The number of halogens is 1. The molecule has 2 aromatic carbocycles. The summed E-state index contributed by atoms with van der Waals surface area (Å²) >= 11 is 6.12. The summed E-state index contributed by atoms with van der Waals surface area (Å²) in [4.78, 5) is 49.2. The van der Waals surface area contributed by atoms with E-state index in [2.05, 4.69) is 5.32 Å². The first kappa shape index (κ1) is 30.2. The number of carboxylic acids is 1. The quantitative estimate of drug-likeness (QED) is 0.456. The fraction of sp³-hybridized carbons (Fsp3) is 0.400. The summed E-state index contributed by atoms with van der Waals surface area (Å²) in [7, 11) is 3.01. The molecule has 5 rings (SSSR count). The van der Waals surface area contributed by atoms with Gasteiger partial charge in [-0.25, -0.2) is 9.59 Å². The number of hydrogen-bond donors (Lipinski definition) is 2. The van der Waals surface area contributed by atoms with Crippen LogP contribution in [0.4, 0.5) is 0 Å². The van der Waals surface area contributed by atoms with Crippen molar-refractivity contribution in [2.45, 2.75) is 51.4 Å². The van der Waals surface area contributed by atoms with Gasteiger partial charge in [-0.05, 0) is 49.4 Å². The summed E-state index contributed by atoms with van der Waals surface area (Å²) in [5.41, 5.74) is 2.24. The van der Waals surface area contributed by atoms with Crippen molar-refractivity contribution < 1.29 is 24.2 Å². The van der Waals surface area contributed by atoms with Crippen LogP contribution in [-0.2, 0) is 34.8 Å². The zero-order chi connectivity index (χ0) is 29.8. The van der Waals surface area contributed by atoms with Gasteiger partial charge in [0.05, 0.1) is 28.4 Å². The lowest BCUT2D eigenvalue weighted by atomic mass is 10.00. The maximum absolute atomic E-state index is 12.7. The molecule has 0 spiro atoms. The summed E-state index contributed by atoms with van der Waals surface area (Å²) < 4.78 is 13.1. The van der Waals surface area contributed by atoms with Crippen molar-refractivity contribution >= 4 is 23.5 Å². The SMILES string of the molecule is C1C[C@H]2OCC[C@H]2O1.Cc1cccc(Cl)c1C(=O)N[C@@H](Cc1ccc(-c2c(C)n(C)c(=O)n(C)c2=O)cc1)C(=O)O. The number of rotatable bonds is 6.